The summed E-state index contributed by atoms with van der Waals surface area (Å²) in [5.74, 6) is 0. The Hall–Kier alpha value is -0.960. The highest BCUT2D eigenvalue weighted by atomic mass is 15.1. The summed E-state index contributed by atoms with van der Waals surface area (Å²) in [5.41, 5.74) is 2.06. The largest absolute Gasteiger partial charge is 0.314 e. The van der Waals surface area contributed by atoms with Crippen molar-refractivity contribution in [2.45, 2.75) is 46.1 Å². The lowest BCUT2D eigenvalue weighted by Gasteiger charge is -2.16. The number of rotatable bonds is 6. The predicted molar refractivity (Wildman–Crippen MR) is 62.8 cm³/mol. The van der Waals surface area contributed by atoms with Crippen LogP contribution in [0.1, 0.15) is 38.1 Å². The van der Waals surface area contributed by atoms with E-state index < -0.39 is 0 Å². The van der Waals surface area contributed by atoms with E-state index in [1.54, 1.807) is 0 Å². The SMILES string of the molecule is CCCC(Cc1ccc(C)nn1)NCC. The summed E-state index contributed by atoms with van der Waals surface area (Å²) < 4.78 is 0. The molecule has 0 aliphatic heterocycles. The quantitative estimate of drug-likeness (QED) is 0.776. The Labute approximate surface area is 92.3 Å². The number of hydrogen-bond donors (Lipinski definition) is 1. The molecule has 3 nitrogen and oxygen atoms in total. The number of hydrogen-bond acceptors (Lipinski definition) is 3. The van der Waals surface area contributed by atoms with Crippen LogP contribution < -0.4 is 5.32 Å². The van der Waals surface area contributed by atoms with Gasteiger partial charge in [-0.3, -0.25) is 0 Å². The van der Waals surface area contributed by atoms with E-state index in [4.69, 9.17) is 0 Å². The highest BCUT2D eigenvalue weighted by Crippen LogP contribution is 2.05. The Balaban J connectivity index is 2.53. The topological polar surface area (TPSA) is 37.8 Å². The molecule has 0 amide bonds. The first-order chi connectivity index (χ1) is 7.26. The molecule has 0 radical (unpaired) electrons. The standard InChI is InChI=1S/C12H21N3/c1-4-6-11(13-5-2)9-12-8-7-10(3)14-15-12/h7-8,11,13H,4-6,9H2,1-3H3. The predicted octanol–water partition coefficient (Wildman–Crippen LogP) is 2.11. The molecule has 84 valence electrons. The maximum Gasteiger partial charge on any atom is 0.0646 e. The van der Waals surface area contributed by atoms with Crippen molar-refractivity contribution in [3.63, 3.8) is 0 Å². The second-order valence-electron chi connectivity index (χ2n) is 3.91. The minimum Gasteiger partial charge on any atom is -0.314 e. The number of likely N-dealkylation sites (N-methyl/N-ethyl adjacent to an activating group) is 1. The van der Waals surface area contributed by atoms with Gasteiger partial charge in [-0.15, -0.1) is 0 Å². The lowest BCUT2D eigenvalue weighted by atomic mass is 10.1. The molecule has 0 aliphatic rings. The smallest absolute Gasteiger partial charge is 0.0646 e. The maximum atomic E-state index is 4.19. The molecular formula is C12H21N3. The van der Waals surface area contributed by atoms with Gasteiger partial charge in [-0.1, -0.05) is 20.3 Å². The highest BCUT2D eigenvalue weighted by molar-refractivity contribution is 5.06. The minimum absolute atomic E-state index is 0.539. The molecule has 0 bridgehead atoms. The molecule has 0 saturated heterocycles. The fourth-order valence-corrected chi connectivity index (χ4v) is 1.70. The summed E-state index contributed by atoms with van der Waals surface area (Å²) >= 11 is 0. The van der Waals surface area contributed by atoms with Crippen molar-refractivity contribution < 1.29 is 0 Å². The van der Waals surface area contributed by atoms with Crippen molar-refractivity contribution in [3.05, 3.63) is 23.5 Å². The van der Waals surface area contributed by atoms with E-state index in [1.165, 1.54) is 12.8 Å². The Bertz CT molecular complexity index is 263. The Morgan fingerprint density at radius 1 is 1.27 bits per heavy atom. The van der Waals surface area contributed by atoms with Gasteiger partial charge in [-0.25, -0.2) is 0 Å². The summed E-state index contributed by atoms with van der Waals surface area (Å²) in [6.07, 6.45) is 3.38. The molecule has 1 heterocycles. The molecule has 0 spiro atoms. The molecule has 1 aromatic heterocycles. The molecule has 1 atom stereocenters. The molecule has 3 heteroatoms. The number of aromatic nitrogens is 2. The van der Waals surface area contributed by atoms with Crippen molar-refractivity contribution in [2.75, 3.05) is 6.54 Å². The summed E-state index contributed by atoms with van der Waals surface area (Å²) in [7, 11) is 0. The average molecular weight is 207 g/mol. The summed E-state index contributed by atoms with van der Waals surface area (Å²) in [6, 6.07) is 4.64. The minimum atomic E-state index is 0.539. The summed E-state index contributed by atoms with van der Waals surface area (Å²) in [6.45, 7) is 7.34. The van der Waals surface area contributed by atoms with Gasteiger partial charge >= 0.3 is 0 Å². The fraction of sp³-hybridized carbons (Fsp3) is 0.667. The van der Waals surface area contributed by atoms with E-state index in [9.17, 15) is 0 Å². The zero-order valence-electron chi connectivity index (χ0n) is 9.95. The third kappa shape index (κ3) is 4.38. The summed E-state index contributed by atoms with van der Waals surface area (Å²) in [4.78, 5) is 0. The van der Waals surface area contributed by atoms with Crippen LogP contribution in [0.2, 0.25) is 0 Å². The van der Waals surface area contributed by atoms with Gasteiger partial charge in [-0.2, -0.15) is 10.2 Å². The van der Waals surface area contributed by atoms with Gasteiger partial charge in [-0.05, 0) is 32.0 Å². The molecule has 15 heavy (non-hydrogen) atoms. The molecule has 1 aromatic rings. The van der Waals surface area contributed by atoms with Crippen LogP contribution in [0.4, 0.5) is 0 Å². The van der Waals surface area contributed by atoms with Crippen molar-refractivity contribution in [1.29, 1.82) is 0 Å². The van der Waals surface area contributed by atoms with E-state index in [-0.39, 0.29) is 0 Å². The fourth-order valence-electron chi connectivity index (χ4n) is 1.70. The van der Waals surface area contributed by atoms with Gasteiger partial charge < -0.3 is 5.32 Å². The van der Waals surface area contributed by atoms with Crippen LogP contribution in [-0.2, 0) is 6.42 Å². The Kier molecular flexibility index (Phi) is 5.26. The van der Waals surface area contributed by atoms with Crippen LogP contribution in [0.3, 0.4) is 0 Å². The molecule has 1 rings (SSSR count). The van der Waals surface area contributed by atoms with Gasteiger partial charge in [0.25, 0.3) is 0 Å². The lowest BCUT2D eigenvalue weighted by molar-refractivity contribution is 0.480. The van der Waals surface area contributed by atoms with E-state index in [0.29, 0.717) is 6.04 Å². The number of aryl methyl sites for hydroxylation is 1. The first-order valence-corrected chi connectivity index (χ1v) is 5.78. The van der Waals surface area contributed by atoms with E-state index in [2.05, 4.69) is 35.4 Å². The third-order valence-electron chi connectivity index (χ3n) is 2.44. The highest BCUT2D eigenvalue weighted by Gasteiger charge is 2.08. The van der Waals surface area contributed by atoms with Crippen LogP contribution in [0.25, 0.3) is 0 Å². The zero-order chi connectivity index (χ0) is 11.1. The van der Waals surface area contributed by atoms with Crippen LogP contribution in [0.15, 0.2) is 12.1 Å². The van der Waals surface area contributed by atoms with Crippen LogP contribution in [0, 0.1) is 6.92 Å². The van der Waals surface area contributed by atoms with Crippen molar-refractivity contribution in [1.82, 2.24) is 15.5 Å². The summed E-state index contributed by atoms with van der Waals surface area (Å²) in [5, 5.41) is 11.7. The van der Waals surface area contributed by atoms with Crippen LogP contribution >= 0.6 is 0 Å². The van der Waals surface area contributed by atoms with E-state index in [0.717, 1.165) is 24.4 Å². The molecule has 0 fully saturated rings. The molecule has 0 saturated carbocycles. The second kappa shape index (κ2) is 6.51. The Morgan fingerprint density at radius 2 is 2.07 bits per heavy atom. The maximum absolute atomic E-state index is 4.19. The molecule has 0 aromatic carbocycles. The first kappa shape index (κ1) is 12.1. The Morgan fingerprint density at radius 3 is 2.60 bits per heavy atom. The monoisotopic (exact) mass is 207 g/mol. The zero-order valence-corrected chi connectivity index (χ0v) is 9.95. The molecule has 0 aliphatic carbocycles. The van der Waals surface area contributed by atoms with Gasteiger partial charge in [0, 0.05) is 12.5 Å². The van der Waals surface area contributed by atoms with Gasteiger partial charge in [0.1, 0.15) is 0 Å². The second-order valence-corrected chi connectivity index (χ2v) is 3.91. The first-order valence-electron chi connectivity index (χ1n) is 5.78. The van der Waals surface area contributed by atoms with Crippen molar-refractivity contribution >= 4 is 0 Å². The normalized spacial score (nSPS) is 12.7. The van der Waals surface area contributed by atoms with Gasteiger partial charge in [0.05, 0.1) is 11.4 Å². The number of nitrogens with zero attached hydrogens (tertiary/aromatic N) is 2. The third-order valence-corrected chi connectivity index (χ3v) is 2.44. The van der Waals surface area contributed by atoms with Crippen LogP contribution in [0.5, 0.6) is 0 Å². The average Bonchev–Trinajstić information content (AvgIpc) is 2.22. The van der Waals surface area contributed by atoms with Crippen molar-refractivity contribution in [3.8, 4) is 0 Å². The van der Waals surface area contributed by atoms with E-state index in [1.807, 2.05) is 13.0 Å². The molecular weight excluding hydrogens is 186 g/mol. The van der Waals surface area contributed by atoms with Crippen LogP contribution in [-0.4, -0.2) is 22.8 Å². The van der Waals surface area contributed by atoms with E-state index >= 15 is 0 Å². The van der Waals surface area contributed by atoms with Gasteiger partial charge in [0.15, 0.2) is 0 Å². The van der Waals surface area contributed by atoms with Gasteiger partial charge in [0.2, 0.25) is 0 Å². The van der Waals surface area contributed by atoms with Crippen molar-refractivity contribution in [2.24, 2.45) is 0 Å². The lowest BCUT2D eigenvalue weighted by Crippen LogP contribution is -2.31. The molecule has 1 N–H and O–H groups in total. The number of nitrogens with one attached hydrogen (secondary N) is 1. The molecule has 1 unspecified atom stereocenters.